The quantitative estimate of drug-likeness (QED) is 0.610. The number of para-hydroxylation sites is 1. The zero-order valence-electron chi connectivity index (χ0n) is 12.6. The number of carbonyl (C=O) groups is 2. The molecule has 0 saturated heterocycles. The summed E-state index contributed by atoms with van der Waals surface area (Å²) in [6.07, 6.45) is -0.250. The van der Waals surface area contributed by atoms with E-state index in [9.17, 15) is 14.7 Å². The summed E-state index contributed by atoms with van der Waals surface area (Å²) >= 11 is 2.16. The molecular formula is C18H16INO3. The van der Waals surface area contributed by atoms with E-state index in [1.54, 1.807) is 30.3 Å². The summed E-state index contributed by atoms with van der Waals surface area (Å²) in [5.74, 6) is -0.676. The van der Waals surface area contributed by atoms with Crippen molar-refractivity contribution in [2.45, 2.75) is 18.9 Å². The van der Waals surface area contributed by atoms with Gasteiger partial charge in [-0.2, -0.15) is 0 Å². The van der Waals surface area contributed by atoms with Crippen molar-refractivity contribution in [1.29, 1.82) is 0 Å². The van der Waals surface area contributed by atoms with Crippen molar-refractivity contribution < 1.29 is 14.7 Å². The van der Waals surface area contributed by atoms with Crippen LogP contribution in [0.15, 0.2) is 48.5 Å². The van der Waals surface area contributed by atoms with Gasteiger partial charge in [0.25, 0.3) is 5.91 Å². The molecule has 4 nitrogen and oxygen atoms in total. The molecule has 118 valence electrons. The van der Waals surface area contributed by atoms with Gasteiger partial charge < -0.3 is 10.0 Å². The molecule has 1 aliphatic heterocycles. The minimum absolute atomic E-state index is 0.245. The van der Waals surface area contributed by atoms with Crippen LogP contribution in [0.4, 0.5) is 5.69 Å². The Bertz CT molecular complexity index is 772. The first-order valence-corrected chi connectivity index (χ1v) is 8.48. The number of aliphatic hydroxyl groups is 1. The number of anilines is 1. The molecule has 0 bridgehead atoms. The number of halogens is 1. The Hall–Kier alpha value is -1.73. The van der Waals surface area contributed by atoms with Gasteiger partial charge in [0, 0.05) is 21.2 Å². The molecule has 0 aliphatic carbocycles. The highest BCUT2D eigenvalue weighted by atomic mass is 127. The van der Waals surface area contributed by atoms with Crippen molar-refractivity contribution in [2.24, 2.45) is 0 Å². The lowest BCUT2D eigenvalue weighted by atomic mass is 9.88. The molecule has 1 aliphatic rings. The normalized spacial score (nSPS) is 19.8. The summed E-state index contributed by atoms with van der Waals surface area (Å²) in [4.78, 5) is 26.7. The molecule has 1 N–H and O–H groups in total. The van der Waals surface area contributed by atoms with Crippen LogP contribution in [0.5, 0.6) is 0 Å². The number of hydrogen-bond donors (Lipinski definition) is 1. The number of amides is 1. The lowest BCUT2D eigenvalue weighted by Crippen LogP contribution is -2.41. The molecule has 0 radical (unpaired) electrons. The first-order chi connectivity index (χ1) is 11.0. The maximum Gasteiger partial charge on any atom is 0.264 e. The van der Waals surface area contributed by atoms with Gasteiger partial charge in [-0.3, -0.25) is 9.59 Å². The Labute approximate surface area is 148 Å². The van der Waals surface area contributed by atoms with E-state index in [0.29, 0.717) is 23.4 Å². The molecule has 2 aromatic rings. The van der Waals surface area contributed by atoms with Crippen molar-refractivity contribution in [3.63, 3.8) is 0 Å². The van der Waals surface area contributed by atoms with Gasteiger partial charge in [0.1, 0.15) is 0 Å². The topological polar surface area (TPSA) is 57.6 Å². The Morgan fingerprint density at radius 3 is 2.48 bits per heavy atom. The van der Waals surface area contributed by atoms with Crippen LogP contribution >= 0.6 is 22.6 Å². The van der Waals surface area contributed by atoms with Crippen molar-refractivity contribution in [3.8, 4) is 0 Å². The Morgan fingerprint density at radius 2 is 1.83 bits per heavy atom. The minimum Gasteiger partial charge on any atom is -0.375 e. The Balaban J connectivity index is 1.96. The molecule has 0 fully saturated rings. The van der Waals surface area contributed by atoms with E-state index in [-0.39, 0.29) is 12.2 Å². The number of ketones is 1. The molecule has 5 heteroatoms. The van der Waals surface area contributed by atoms with Crippen molar-refractivity contribution in [2.75, 3.05) is 11.4 Å². The fraction of sp³-hybridized carbons (Fsp3) is 0.222. The van der Waals surface area contributed by atoms with Crippen LogP contribution in [0, 0.1) is 3.57 Å². The van der Waals surface area contributed by atoms with E-state index < -0.39 is 11.5 Å². The number of fused-ring (bicyclic) bond motifs is 1. The number of nitrogens with zero attached hydrogens (tertiary/aromatic N) is 1. The average Bonchev–Trinajstić information content (AvgIpc) is 2.76. The minimum atomic E-state index is -1.79. The summed E-state index contributed by atoms with van der Waals surface area (Å²) < 4.78 is 1.03. The molecule has 1 amide bonds. The molecule has 23 heavy (non-hydrogen) atoms. The zero-order valence-corrected chi connectivity index (χ0v) is 14.8. The Morgan fingerprint density at radius 1 is 1.17 bits per heavy atom. The largest absolute Gasteiger partial charge is 0.375 e. The number of carbonyl (C=O) groups excluding carboxylic acids is 2. The second-order valence-electron chi connectivity index (χ2n) is 5.53. The Kier molecular flexibility index (Phi) is 4.25. The van der Waals surface area contributed by atoms with Crippen LogP contribution in [0.3, 0.4) is 0 Å². The van der Waals surface area contributed by atoms with E-state index in [2.05, 4.69) is 22.6 Å². The molecule has 0 saturated carbocycles. The van der Waals surface area contributed by atoms with Crippen LogP contribution in [-0.2, 0) is 10.4 Å². The van der Waals surface area contributed by atoms with E-state index in [4.69, 9.17) is 0 Å². The standard InChI is InChI=1S/C18H16INO3/c1-2-20-15-6-4-3-5-14(15)18(23,17(20)22)11-16(21)12-7-9-13(19)10-8-12/h3-10,23H,2,11H2,1H3/t18-/m0/s1. The number of likely N-dealkylation sites (N-methyl/N-ethyl adjacent to an activating group) is 1. The average molecular weight is 421 g/mol. The number of Topliss-reactive ketones (excluding diaryl/α,β-unsaturated/α-hetero) is 1. The van der Waals surface area contributed by atoms with Gasteiger partial charge in [0.15, 0.2) is 11.4 Å². The highest BCUT2D eigenvalue weighted by molar-refractivity contribution is 14.1. The summed E-state index contributed by atoms with van der Waals surface area (Å²) in [5.41, 5.74) is -0.102. The molecule has 2 aromatic carbocycles. The third-order valence-electron chi connectivity index (χ3n) is 4.14. The van der Waals surface area contributed by atoms with Crippen LogP contribution in [0.2, 0.25) is 0 Å². The number of benzene rings is 2. The molecule has 3 rings (SSSR count). The van der Waals surface area contributed by atoms with Crippen molar-refractivity contribution >= 4 is 40.0 Å². The first-order valence-electron chi connectivity index (χ1n) is 7.40. The van der Waals surface area contributed by atoms with Gasteiger partial charge in [0.2, 0.25) is 0 Å². The SMILES string of the molecule is CCN1C(=O)[C@](O)(CC(=O)c2ccc(I)cc2)c2ccccc21. The zero-order chi connectivity index (χ0) is 16.6. The van der Waals surface area contributed by atoms with Crippen molar-refractivity contribution in [1.82, 2.24) is 0 Å². The third kappa shape index (κ3) is 2.68. The maximum atomic E-state index is 12.7. The summed E-state index contributed by atoms with van der Waals surface area (Å²) in [5, 5.41) is 11.0. The molecular weight excluding hydrogens is 405 g/mol. The molecule has 0 aromatic heterocycles. The van der Waals surface area contributed by atoms with Gasteiger partial charge >= 0.3 is 0 Å². The first kappa shape index (κ1) is 16.1. The molecule has 0 spiro atoms. The second kappa shape index (κ2) is 6.05. The fourth-order valence-electron chi connectivity index (χ4n) is 2.96. The molecule has 0 unspecified atom stereocenters. The smallest absolute Gasteiger partial charge is 0.264 e. The van der Waals surface area contributed by atoms with Crippen LogP contribution in [0.25, 0.3) is 0 Å². The van der Waals surface area contributed by atoms with Crippen LogP contribution in [0.1, 0.15) is 29.3 Å². The van der Waals surface area contributed by atoms with E-state index in [0.717, 1.165) is 3.57 Å². The van der Waals surface area contributed by atoms with Gasteiger partial charge in [0.05, 0.1) is 12.1 Å². The van der Waals surface area contributed by atoms with E-state index >= 15 is 0 Å². The molecule has 1 heterocycles. The van der Waals surface area contributed by atoms with E-state index in [1.165, 1.54) is 4.90 Å². The highest BCUT2D eigenvalue weighted by Gasteiger charge is 2.50. The molecule has 1 atom stereocenters. The van der Waals surface area contributed by atoms with Gasteiger partial charge in [-0.05, 0) is 47.7 Å². The van der Waals surface area contributed by atoms with Crippen LogP contribution in [-0.4, -0.2) is 23.3 Å². The highest BCUT2D eigenvalue weighted by Crippen LogP contribution is 2.42. The predicted octanol–water partition coefficient (Wildman–Crippen LogP) is 3.12. The van der Waals surface area contributed by atoms with E-state index in [1.807, 2.05) is 25.1 Å². The second-order valence-corrected chi connectivity index (χ2v) is 6.78. The lowest BCUT2D eigenvalue weighted by molar-refractivity contribution is -0.135. The summed E-state index contributed by atoms with van der Waals surface area (Å²) in [6, 6.07) is 14.2. The van der Waals surface area contributed by atoms with Gasteiger partial charge in [-0.25, -0.2) is 0 Å². The number of rotatable bonds is 4. The lowest BCUT2D eigenvalue weighted by Gasteiger charge is -2.22. The van der Waals surface area contributed by atoms with Gasteiger partial charge in [-0.1, -0.05) is 30.3 Å². The van der Waals surface area contributed by atoms with Crippen molar-refractivity contribution in [3.05, 3.63) is 63.2 Å². The summed E-state index contributed by atoms with van der Waals surface area (Å²) in [7, 11) is 0. The predicted molar refractivity (Wildman–Crippen MR) is 96.5 cm³/mol. The third-order valence-corrected chi connectivity index (χ3v) is 4.86. The van der Waals surface area contributed by atoms with Crippen LogP contribution < -0.4 is 4.90 Å². The van der Waals surface area contributed by atoms with Gasteiger partial charge in [-0.15, -0.1) is 0 Å². The maximum absolute atomic E-state index is 12.7. The number of hydrogen-bond acceptors (Lipinski definition) is 3. The monoisotopic (exact) mass is 421 g/mol. The fourth-order valence-corrected chi connectivity index (χ4v) is 3.32. The summed E-state index contributed by atoms with van der Waals surface area (Å²) in [6.45, 7) is 2.30.